The molecule has 41 heavy (non-hydrogen) atoms. The van der Waals surface area contributed by atoms with Crippen LogP contribution in [0.5, 0.6) is 11.5 Å². The molecule has 1 amide bonds. The highest BCUT2D eigenvalue weighted by atomic mass is 79.9. The third-order valence-corrected chi connectivity index (χ3v) is 7.97. The zero-order valence-electron chi connectivity index (χ0n) is 25.0. The van der Waals surface area contributed by atoms with Crippen LogP contribution in [0, 0.1) is 0 Å². The first-order chi connectivity index (χ1) is 19.7. The fourth-order valence-corrected chi connectivity index (χ4v) is 5.54. The summed E-state index contributed by atoms with van der Waals surface area (Å²) in [5, 5.41) is 5.01. The molecule has 2 aromatic rings. The lowest BCUT2D eigenvalue weighted by Gasteiger charge is -2.15. The second-order valence-electron chi connectivity index (χ2n) is 10.8. The Balaban J connectivity index is 0.00000588. The van der Waals surface area contributed by atoms with E-state index in [-0.39, 0.29) is 29.5 Å². The maximum atomic E-state index is 12.4. The van der Waals surface area contributed by atoms with Gasteiger partial charge < -0.3 is 19.7 Å². The Labute approximate surface area is 263 Å². The van der Waals surface area contributed by atoms with E-state index in [1.54, 1.807) is 11.8 Å². The van der Waals surface area contributed by atoms with Crippen LogP contribution in [0.1, 0.15) is 102 Å². The topological polar surface area (TPSA) is 50.8 Å². The Morgan fingerprint density at radius 1 is 0.805 bits per heavy atom. The van der Waals surface area contributed by atoms with Crippen molar-refractivity contribution in [2.45, 2.75) is 103 Å². The minimum absolute atomic E-state index is 0. The number of anilines is 1. The SMILES string of the molecule is Br.CCCCCCCCCCCCCCCCOc1cccc(OCC(=O)Nc2ccc(CN3C=CSC3)cc2)c1. The second kappa shape index (κ2) is 22.5. The number of halogens is 1. The molecule has 0 spiro atoms. The Morgan fingerprint density at radius 3 is 1.98 bits per heavy atom. The number of amides is 1. The molecular formula is C34H51BrN2O3S. The summed E-state index contributed by atoms with van der Waals surface area (Å²) < 4.78 is 11.6. The molecule has 0 aromatic heterocycles. The molecule has 0 saturated carbocycles. The van der Waals surface area contributed by atoms with Gasteiger partial charge in [-0.1, -0.05) is 109 Å². The van der Waals surface area contributed by atoms with Gasteiger partial charge in [-0.2, -0.15) is 0 Å². The maximum absolute atomic E-state index is 12.4. The van der Waals surface area contributed by atoms with Crippen LogP contribution in [0.3, 0.4) is 0 Å². The molecule has 1 N–H and O–H groups in total. The van der Waals surface area contributed by atoms with Crippen LogP contribution >= 0.6 is 28.7 Å². The standard InChI is InChI=1S/C34H50N2O3S.BrH/c1-2-3-4-5-6-7-8-9-10-11-12-13-14-15-24-38-32-17-16-18-33(26-32)39-28-34(37)35-31-21-19-30(20-22-31)27-36-23-25-40-29-36;/h16-23,25-26H,2-15,24,27-29H2,1H3,(H,35,37);1H. The quantitative estimate of drug-likeness (QED) is 0.129. The van der Waals surface area contributed by atoms with Crippen LogP contribution in [-0.2, 0) is 11.3 Å². The number of thioether (sulfide) groups is 1. The number of hydrogen-bond acceptors (Lipinski definition) is 5. The van der Waals surface area contributed by atoms with Crippen LogP contribution in [-0.4, -0.2) is 29.9 Å². The average Bonchev–Trinajstić information content (AvgIpc) is 3.48. The van der Waals surface area contributed by atoms with Gasteiger partial charge in [0.2, 0.25) is 0 Å². The number of carbonyl (C=O) groups excluding carboxylic acids is 1. The summed E-state index contributed by atoms with van der Waals surface area (Å²) in [6.07, 6.45) is 21.0. The summed E-state index contributed by atoms with van der Waals surface area (Å²) in [5.41, 5.74) is 1.99. The summed E-state index contributed by atoms with van der Waals surface area (Å²) in [6, 6.07) is 15.5. The van der Waals surface area contributed by atoms with Gasteiger partial charge in [-0.15, -0.1) is 28.7 Å². The zero-order chi connectivity index (χ0) is 28.1. The molecule has 0 radical (unpaired) electrons. The van der Waals surface area contributed by atoms with Gasteiger partial charge in [0, 0.05) is 24.5 Å². The Hall–Kier alpha value is -2.12. The number of nitrogens with zero attached hydrogens (tertiary/aromatic N) is 1. The van der Waals surface area contributed by atoms with Crippen molar-refractivity contribution in [2.24, 2.45) is 0 Å². The van der Waals surface area contributed by atoms with Gasteiger partial charge in [-0.25, -0.2) is 0 Å². The van der Waals surface area contributed by atoms with Crippen molar-refractivity contribution in [1.82, 2.24) is 4.90 Å². The van der Waals surface area contributed by atoms with Crippen LogP contribution < -0.4 is 14.8 Å². The Kier molecular flexibility index (Phi) is 19.2. The van der Waals surface area contributed by atoms with Crippen molar-refractivity contribution in [2.75, 3.05) is 24.4 Å². The van der Waals surface area contributed by atoms with Gasteiger partial charge in [-0.3, -0.25) is 4.79 Å². The van der Waals surface area contributed by atoms with Crippen molar-refractivity contribution >= 4 is 40.3 Å². The molecule has 0 atom stereocenters. The van der Waals surface area contributed by atoms with Gasteiger partial charge in [0.15, 0.2) is 6.61 Å². The molecule has 2 aromatic carbocycles. The third kappa shape index (κ3) is 16.2. The fourth-order valence-electron chi connectivity index (χ4n) is 4.82. The molecule has 228 valence electrons. The fraction of sp³-hybridized carbons (Fsp3) is 0.559. The van der Waals surface area contributed by atoms with Gasteiger partial charge >= 0.3 is 0 Å². The van der Waals surface area contributed by atoms with E-state index >= 15 is 0 Å². The van der Waals surface area contributed by atoms with Crippen molar-refractivity contribution in [3.05, 3.63) is 65.7 Å². The molecule has 5 nitrogen and oxygen atoms in total. The number of nitrogens with one attached hydrogen (secondary N) is 1. The van der Waals surface area contributed by atoms with Crippen LogP contribution in [0.25, 0.3) is 0 Å². The van der Waals surface area contributed by atoms with Crippen LogP contribution in [0.15, 0.2) is 60.1 Å². The molecule has 0 saturated heterocycles. The lowest BCUT2D eigenvalue weighted by atomic mass is 10.0. The average molecular weight is 648 g/mol. The van der Waals surface area contributed by atoms with Crippen molar-refractivity contribution in [3.8, 4) is 11.5 Å². The number of hydrogen-bond donors (Lipinski definition) is 1. The summed E-state index contributed by atoms with van der Waals surface area (Å²) >= 11 is 1.80. The number of unbranched alkanes of at least 4 members (excludes halogenated alkanes) is 13. The third-order valence-electron chi connectivity index (χ3n) is 7.17. The van der Waals surface area contributed by atoms with Crippen LogP contribution in [0.2, 0.25) is 0 Å². The van der Waals surface area contributed by atoms with Crippen molar-refractivity contribution in [3.63, 3.8) is 0 Å². The smallest absolute Gasteiger partial charge is 0.262 e. The summed E-state index contributed by atoms with van der Waals surface area (Å²) in [5.74, 6) is 2.23. The first-order valence-electron chi connectivity index (χ1n) is 15.5. The largest absolute Gasteiger partial charge is 0.493 e. The monoisotopic (exact) mass is 646 g/mol. The normalized spacial score (nSPS) is 12.3. The summed E-state index contributed by atoms with van der Waals surface area (Å²) in [7, 11) is 0. The van der Waals surface area contributed by atoms with Gasteiger partial charge in [0.1, 0.15) is 11.5 Å². The van der Waals surface area contributed by atoms with E-state index in [9.17, 15) is 4.79 Å². The molecule has 1 aliphatic heterocycles. The van der Waals surface area contributed by atoms with Crippen molar-refractivity contribution in [1.29, 1.82) is 0 Å². The molecule has 0 fully saturated rings. The minimum atomic E-state index is -0.180. The lowest BCUT2D eigenvalue weighted by molar-refractivity contribution is -0.118. The molecule has 3 rings (SSSR count). The molecule has 7 heteroatoms. The lowest BCUT2D eigenvalue weighted by Crippen LogP contribution is -2.20. The molecule has 1 aliphatic rings. The molecule has 0 bridgehead atoms. The second-order valence-corrected chi connectivity index (χ2v) is 11.6. The summed E-state index contributed by atoms with van der Waals surface area (Å²) in [4.78, 5) is 14.6. The van der Waals surface area contributed by atoms with Gasteiger partial charge in [0.25, 0.3) is 5.91 Å². The first kappa shape index (κ1) is 35.1. The summed E-state index contributed by atoms with van der Waals surface area (Å²) in [6.45, 7) is 3.82. The highest BCUT2D eigenvalue weighted by Gasteiger charge is 2.08. The van der Waals surface area contributed by atoms with E-state index in [0.29, 0.717) is 12.4 Å². The number of rotatable bonds is 22. The molecule has 0 unspecified atom stereocenters. The Morgan fingerprint density at radius 2 is 1.39 bits per heavy atom. The Bertz CT molecular complexity index is 986. The first-order valence-corrected chi connectivity index (χ1v) is 16.5. The van der Waals surface area contributed by atoms with E-state index in [1.807, 2.05) is 48.5 Å². The van der Waals surface area contributed by atoms with E-state index in [2.05, 4.69) is 28.7 Å². The van der Waals surface area contributed by atoms with Gasteiger partial charge in [-0.05, 0) is 41.7 Å². The van der Waals surface area contributed by atoms with E-state index in [4.69, 9.17) is 9.47 Å². The van der Waals surface area contributed by atoms with E-state index in [1.165, 1.54) is 89.0 Å². The molecular weight excluding hydrogens is 596 g/mol. The molecule has 0 aliphatic carbocycles. The predicted octanol–water partition coefficient (Wildman–Crippen LogP) is 10.1. The van der Waals surface area contributed by atoms with Crippen molar-refractivity contribution < 1.29 is 14.3 Å². The van der Waals surface area contributed by atoms with E-state index < -0.39 is 0 Å². The number of ether oxygens (including phenoxy) is 2. The van der Waals surface area contributed by atoms with Gasteiger partial charge in [0.05, 0.1) is 12.5 Å². The highest BCUT2D eigenvalue weighted by molar-refractivity contribution is 8.93. The zero-order valence-corrected chi connectivity index (χ0v) is 27.5. The predicted molar refractivity (Wildman–Crippen MR) is 180 cm³/mol. The minimum Gasteiger partial charge on any atom is -0.493 e. The van der Waals surface area contributed by atoms with Crippen LogP contribution in [0.4, 0.5) is 5.69 Å². The van der Waals surface area contributed by atoms with E-state index in [0.717, 1.165) is 30.3 Å². The highest BCUT2D eigenvalue weighted by Crippen LogP contribution is 2.21. The molecule has 1 heterocycles. The number of benzene rings is 2. The number of carbonyl (C=O) groups is 1. The maximum Gasteiger partial charge on any atom is 0.262 e.